The number of rotatable bonds is 7. The van der Waals surface area contributed by atoms with Crippen molar-refractivity contribution in [3.63, 3.8) is 0 Å². The maximum absolute atomic E-state index is 12.6. The van der Waals surface area contributed by atoms with Gasteiger partial charge in [-0.25, -0.2) is 9.67 Å². The summed E-state index contributed by atoms with van der Waals surface area (Å²) >= 11 is 0. The Morgan fingerprint density at radius 3 is 2.29 bits per heavy atom. The van der Waals surface area contributed by atoms with E-state index in [2.05, 4.69) is 15.2 Å². The third-order valence-corrected chi connectivity index (χ3v) is 4.29. The number of amides is 1. The van der Waals surface area contributed by atoms with Crippen molar-refractivity contribution >= 4 is 11.7 Å². The minimum atomic E-state index is -0.731. The van der Waals surface area contributed by atoms with Gasteiger partial charge in [0, 0.05) is 29.5 Å². The first kappa shape index (κ1) is 21.4. The van der Waals surface area contributed by atoms with Gasteiger partial charge in [-0.05, 0) is 66.7 Å². The highest BCUT2D eigenvalue weighted by atomic mass is 16.6. The van der Waals surface area contributed by atoms with Gasteiger partial charge in [0.25, 0.3) is 5.91 Å². The van der Waals surface area contributed by atoms with Crippen LogP contribution in [0.2, 0.25) is 0 Å². The molecule has 8 nitrogen and oxygen atoms in total. The number of aryl methyl sites for hydroxylation is 2. The lowest BCUT2D eigenvalue weighted by atomic mass is 10.2. The zero-order valence-electron chi connectivity index (χ0n) is 17.7. The number of carbonyl (C=O) groups excluding carboxylic acids is 1. The lowest BCUT2D eigenvalue weighted by Crippen LogP contribution is -2.46. The van der Waals surface area contributed by atoms with Gasteiger partial charge >= 0.3 is 0 Å². The molecule has 0 radical (unpaired) electrons. The highest BCUT2D eigenvalue weighted by Crippen LogP contribution is 2.12. The average Bonchev–Trinajstić information content (AvgIpc) is 2.97. The molecule has 1 amide bonds. The second-order valence-corrected chi connectivity index (χ2v) is 7.40. The maximum atomic E-state index is 12.6. The summed E-state index contributed by atoms with van der Waals surface area (Å²) in [6.07, 6.45) is 0.875. The molecule has 1 atom stereocenters. The molecule has 2 heterocycles. The smallest absolute Gasteiger partial charge is 0.266 e. The Labute approximate surface area is 166 Å². The third-order valence-electron chi connectivity index (χ3n) is 4.29. The molecule has 2 N–H and O–H groups in total. The molecule has 0 aliphatic heterocycles. The van der Waals surface area contributed by atoms with Crippen LogP contribution in [0.3, 0.4) is 0 Å². The first-order valence-corrected chi connectivity index (χ1v) is 9.43. The molecular formula is C20H30N6O2. The van der Waals surface area contributed by atoms with Gasteiger partial charge in [-0.15, -0.1) is 0 Å². The normalized spacial score (nSPS) is 13.1. The number of nitrogens with zero attached hydrogens (tertiary/aromatic N) is 5. The first-order valence-electron chi connectivity index (χ1n) is 9.43. The zero-order valence-corrected chi connectivity index (χ0v) is 17.7. The summed E-state index contributed by atoms with van der Waals surface area (Å²) in [5.41, 5.74) is 8.53. The molecule has 0 aliphatic rings. The van der Waals surface area contributed by atoms with Gasteiger partial charge < -0.3 is 15.5 Å². The predicted molar refractivity (Wildman–Crippen MR) is 109 cm³/mol. The number of hydrogen-bond acceptors (Lipinski definition) is 5. The van der Waals surface area contributed by atoms with Crippen LogP contribution in [0.1, 0.15) is 51.6 Å². The van der Waals surface area contributed by atoms with Crippen LogP contribution in [0.25, 0.3) is 5.82 Å². The van der Waals surface area contributed by atoms with Crippen LogP contribution in [0, 0.1) is 13.8 Å². The molecule has 0 fully saturated rings. The first-order chi connectivity index (χ1) is 13.1. The Morgan fingerprint density at radius 1 is 1.18 bits per heavy atom. The van der Waals surface area contributed by atoms with Crippen molar-refractivity contribution in [2.75, 3.05) is 0 Å². The van der Waals surface area contributed by atoms with Gasteiger partial charge in [0.05, 0.1) is 5.69 Å². The van der Waals surface area contributed by atoms with E-state index in [9.17, 15) is 4.79 Å². The summed E-state index contributed by atoms with van der Waals surface area (Å²) < 4.78 is 1.76. The fourth-order valence-electron chi connectivity index (χ4n) is 3.07. The van der Waals surface area contributed by atoms with Crippen LogP contribution >= 0.6 is 0 Å². The maximum Gasteiger partial charge on any atom is 0.266 e. The summed E-state index contributed by atoms with van der Waals surface area (Å²) in [5.74, 6) is 0.725. The molecule has 0 spiro atoms. The molecule has 2 aromatic heterocycles. The van der Waals surface area contributed by atoms with E-state index in [1.165, 1.54) is 0 Å². The average molecular weight is 387 g/mol. The van der Waals surface area contributed by atoms with Crippen LogP contribution in [-0.4, -0.2) is 49.6 Å². The van der Waals surface area contributed by atoms with E-state index in [0.29, 0.717) is 11.4 Å². The van der Waals surface area contributed by atoms with E-state index in [1.54, 1.807) is 28.8 Å². The standard InChI is InChI=1S/C20H30N6O2/c1-12(2)25(13(3)4)20(27)16(7)28-24-19(21)17-8-9-18(22-11-17)26-15(6)10-14(5)23-26/h8-13,16H,1-7H3,(H2,21,24). The minimum Gasteiger partial charge on any atom is -0.381 e. The summed E-state index contributed by atoms with van der Waals surface area (Å²) in [4.78, 5) is 24.1. The van der Waals surface area contributed by atoms with Crippen molar-refractivity contribution in [1.29, 1.82) is 0 Å². The second kappa shape index (κ2) is 8.86. The molecule has 152 valence electrons. The highest BCUT2D eigenvalue weighted by molar-refractivity contribution is 5.96. The third kappa shape index (κ3) is 4.88. The number of aromatic nitrogens is 3. The van der Waals surface area contributed by atoms with E-state index in [0.717, 1.165) is 11.4 Å². The fourth-order valence-corrected chi connectivity index (χ4v) is 3.07. The lowest BCUT2D eigenvalue weighted by molar-refractivity contribution is -0.146. The zero-order chi connectivity index (χ0) is 21.0. The van der Waals surface area contributed by atoms with E-state index < -0.39 is 6.10 Å². The summed E-state index contributed by atoms with van der Waals surface area (Å²) in [6, 6.07) is 5.74. The predicted octanol–water partition coefficient (Wildman–Crippen LogP) is 2.55. The van der Waals surface area contributed by atoms with Crippen molar-refractivity contribution in [3.05, 3.63) is 41.3 Å². The SMILES string of the molecule is Cc1cc(C)n(-c2ccc(/C(N)=N\OC(C)C(=O)N(C(C)C)C(C)C)cn2)n1. The van der Waals surface area contributed by atoms with Gasteiger partial charge in [-0.1, -0.05) is 5.16 Å². The monoisotopic (exact) mass is 386 g/mol. The topological polar surface area (TPSA) is 98.6 Å². The van der Waals surface area contributed by atoms with E-state index >= 15 is 0 Å². The summed E-state index contributed by atoms with van der Waals surface area (Å²) in [7, 11) is 0. The van der Waals surface area contributed by atoms with Gasteiger partial charge in [0.2, 0.25) is 6.10 Å². The van der Waals surface area contributed by atoms with E-state index in [-0.39, 0.29) is 23.8 Å². The Hall–Kier alpha value is -2.90. The van der Waals surface area contributed by atoms with Crippen molar-refractivity contribution in [2.24, 2.45) is 10.9 Å². The lowest BCUT2D eigenvalue weighted by Gasteiger charge is -2.32. The Bertz CT molecular complexity index is 831. The van der Waals surface area contributed by atoms with E-state index in [1.807, 2.05) is 53.7 Å². The highest BCUT2D eigenvalue weighted by Gasteiger charge is 2.26. The van der Waals surface area contributed by atoms with Gasteiger partial charge in [-0.2, -0.15) is 5.10 Å². The fraction of sp³-hybridized carbons (Fsp3) is 0.500. The molecule has 0 bridgehead atoms. The van der Waals surface area contributed by atoms with Gasteiger partial charge in [0.1, 0.15) is 0 Å². The number of carbonyl (C=O) groups is 1. The molecule has 8 heteroatoms. The van der Waals surface area contributed by atoms with Crippen molar-refractivity contribution in [3.8, 4) is 5.82 Å². The number of oxime groups is 1. The molecule has 2 aromatic rings. The summed E-state index contributed by atoms with van der Waals surface area (Å²) in [5, 5.41) is 8.33. The van der Waals surface area contributed by atoms with Crippen molar-refractivity contribution in [2.45, 2.75) is 66.7 Å². The van der Waals surface area contributed by atoms with Crippen molar-refractivity contribution < 1.29 is 9.63 Å². The molecular weight excluding hydrogens is 356 g/mol. The van der Waals surface area contributed by atoms with Gasteiger partial charge in [-0.3, -0.25) is 4.79 Å². The van der Waals surface area contributed by atoms with Crippen LogP contribution < -0.4 is 5.73 Å². The Balaban J connectivity index is 2.09. The molecule has 0 saturated carbocycles. The van der Waals surface area contributed by atoms with Crippen LogP contribution in [0.5, 0.6) is 0 Å². The van der Waals surface area contributed by atoms with E-state index in [4.69, 9.17) is 10.6 Å². The Morgan fingerprint density at radius 2 is 1.82 bits per heavy atom. The number of nitrogens with two attached hydrogens (primary N) is 1. The van der Waals surface area contributed by atoms with Crippen molar-refractivity contribution in [1.82, 2.24) is 19.7 Å². The number of hydrogen-bond donors (Lipinski definition) is 1. The molecule has 28 heavy (non-hydrogen) atoms. The number of amidine groups is 1. The molecule has 2 rings (SSSR count). The minimum absolute atomic E-state index is 0.0750. The largest absolute Gasteiger partial charge is 0.381 e. The molecule has 0 aliphatic carbocycles. The van der Waals surface area contributed by atoms with Crippen LogP contribution in [0.4, 0.5) is 0 Å². The quantitative estimate of drug-likeness (QED) is 0.448. The summed E-state index contributed by atoms with van der Waals surface area (Å²) in [6.45, 7) is 13.4. The van der Waals surface area contributed by atoms with Crippen LogP contribution in [-0.2, 0) is 9.63 Å². The second-order valence-electron chi connectivity index (χ2n) is 7.40. The molecule has 0 aromatic carbocycles. The van der Waals surface area contributed by atoms with Gasteiger partial charge in [0.15, 0.2) is 11.7 Å². The molecule has 0 saturated heterocycles. The number of pyridine rings is 1. The molecule has 1 unspecified atom stereocenters. The Kier molecular flexibility index (Phi) is 6.77. The van der Waals surface area contributed by atoms with Crippen LogP contribution in [0.15, 0.2) is 29.6 Å².